The molecule has 0 heterocycles. The molecule has 2 aromatic rings. The van der Waals surface area contributed by atoms with Crippen LogP contribution in [0.15, 0.2) is 46.9 Å². The molecule has 0 bridgehead atoms. The van der Waals surface area contributed by atoms with Gasteiger partial charge < -0.3 is 10.2 Å². The number of nitrogens with zero attached hydrogens (tertiary/aromatic N) is 2. The number of halogens is 1. The van der Waals surface area contributed by atoms with E-state index < -0.39 is 9.85 Å². The summed E-state index contributed by atoms with van der Waals surface area (Å²) in [6.45, 7) is 0. The summed E-state index contributed by atoms with van der Waals surface area (Å²) in [6, 6.07) is 8.79. The number of benzene rings is 2. The first-order chi connectivity index (χ1) is 9.81. The SMILES string of the molecule is O=[N+]([O-])c1ccc(O)c(Br)c1.O=[N+]([O-])c1ccc(O)cc1. The van der Waals surface area contributed by atoms with Crippen LogP contribution in [-0.4, -0.2) is 20.1 Å². The number of nitro groups is 2. The lowest BCUT2D eigenvalue weighted by Gasteiger charge is -1.94. The summed E-state index contributed by atoms with van der Waals surface area (Å²) >= 11 is 2.96. The smallest absolute Gasteiger partial charge is 0.270 e. The number of phenolic OH excluding ortho intramolecular Hbond substituents is 2. The lowest BCUT2D eigenvalue weighted by molar-refractivity contribution is -0.385. The van der Waals surface area contributed by atoms with Crippen molar-refractivity contribution in [2.45, 2.75) is 0 Å². The van der Waals surface area contributed by atoms with E-state index in [-0.39, 0.29) is 22.9 Å². The summed E-state index contributed by atoms with van der Waals surface area (Å²) in [7, 11) is 0. The molecule has 110 valence electrons. The standard InChI is InChI=1S/C6H4BrNO3.C6H5NO3/c7-5-3-4(8(10)11)1-2-6(5)9;8-6-3-1-5(2-4-6)7(9)10/h1-3,9H;1-4,8H. The zero-order valence-electron chi connectivity index (χ0n) is 10.3. The molecule has 2 aromatic carbocycles. The van der Waals surface area contributed by atoms with Crippen molar-refractivity contribution in [3.05, 3.63) is 67.2 Å². The highest BCUT2D eigenvalue weighted by molar-refractivity contribution is 9.10. The average Bonchev–Trinajstić information content (AvgIpc) is 2.43. The predicted molar refractivity (Wildman–Crippen MR) is 77.2 cm³/mol. The summed E-state index contributed by atoms with van der Waals surface area (Å²) in [5.74, 6) is 0.0289. The third-order valence-corrected chi connectivity index (χ3v) is 2.84. The van der Waals surface area contributed by atoms with E-state index in [2.05, 4.69) is 15.9 Å². The van der Waals surface area contributed by atoms with Crippen LogP contribution in [-0.2, 0) is 0 Å². The first-order valence-corrected chi connectivity index (χ1v) is 6.17. The van der Waals surface area contributed by atoms with Gasteiger partial charge in [-0.3, -0.25) is 20.2 Å². The van der Waals surface area contributed by atoms with Crippen molar-refractivity contribution in [1.82, 2.24) is 0 Å². The van der Waals surface area contributed by atoms with E-state index in [1.807, 2.05) is 0 Å². The van der Waals surface area contributed by atoms with Crippen molar-refractivity contribution in [1.29, 1.82) is 0 Å². The molecule has 0 saturated carbocycles. The summed E-state index contributed by atoms with van der Waals surface area (Å²) < 4.78 is 0.326. The molecule has 9 heteroatoms. The van der Waals surface area contributed by atoms with Crippen LogP contribution < -0.4 is 0 Å². The van der Waals surface area contributed by atoms with Gasteiger partial charge in [0, 0.05) is 24.3 Å². The van der Waals surface area contributed by atoms with Gasteiger partial charge in [0.2, 0.25) is 0 Å². The Morgan fingerprint density at radius 1 is 0.857 bits per heavy atom. The van der Waals surface area contributed by atoms with Gasteiger partial charge in [-0.2, -0.15) is 0 Å². The van der Waals surface area contributed by atoms with Gasteiger partial charge in [-0.25, -0.2) is 0 Å². The molecule has 0 spiro atoms. The second kappa shape index (κ2) is 7.20. The lowest BCUT2D eigenvalue weighted by Crippen LogP contribution is -1.86. The fraction of sp³-hybridized carbons (Fsp3) is 0. The van der Waals surface area contributed by atoms with Gasteiger partial charge in [0.25, 0.3) is 11.4 Å². The molecule has 0 radical (unpaired) electrons. The van der Waals surface area contributed by atoms with E-state index in [1.165, 1.54) is 42.5 Å². The maximum absolute atomic E-state index is 10.2. The fourth-order valence-corrected chi connectivity index (χ4v) is 1.55. The zero-order valence-corrected chi connectivity index (χ0v) is 11.9. The molecule has 0 unspecified atom stereocenters. The fourth-order valence-electron chi connectivity index (χ4n) is 1.18. The molecule has 8 nitrogen and oxygen atoms in total. The van der Waals surface area contributed by atoms with Crippen molar-refractivity contribution >= 4 is 27.3 Å². The molecule has 0 aliphatic heterocycles. The maximum atomic E-state index is 10.2. The van der Waals surface area contributed by atoms with E-state index in [0.29, 0.717) is 4.47 Å². The van der Waals surface area contributed by atoms with Crippen LogP contribution in [0, 0.1) is 20.2 Å². The number of nitro benzene ring substituents is 2. The summed E-state index contributed by atoms with van der Waals surface area (Å²) in [6.07, 6.45) is 0. The topological polar surface area (TPSA) is 127 Å². The quantitative estimate of drug-likeness (QED) is 0.627. The summed E-state index contributed by atoms with van der Waals surface area (Å²) in [5, 5.41) is 37.9. The van der Waals surface area contributed by atoms with Crippen molar-refractivity contribution in [2.24, 2.45) is 0 Å². The van der Waals surface area contributed by atoms with E-state index in [4.69, 9.17) is 10.2 Å². The van der Waals surface area contributed by atoms with Gasteiger partial charge in [-0.05, 0) is 34.1 Å². The van der Waals surface area contributed by atoms with E-state index in [9.17, 15) is 20.2 Å². The van der Waals surface area contributed by atoms with Gasteiger partial charge in [0.05, 0.1) is 14.3 Å². The number of rotatable bonds is 2. The van der Waals surface area contributed by atoms with Crippen molar-refractivity contribution < 1.29 is 20.1 Å². The Morgan fingerprint density at radius 2 is 1.33 bits per heavy atom. The van der Waals surface area contributed by atoms with E-state index in [0.717, 1.165) is 0 Å². The predicted octanol–water partition coefficient (Wildman–Crippen LogP) is 3.36. The van der Waals surface area contributed by atoms with Crippen molar-refractivity contribution in [3.63, 3.8) is 0 Å². The third kappa shape index (κ3) is 5.07. The monoisotopic (exact) mass is 356 g/mol. The molecule has 0 fully saturated rings. The zero-order chi connectivity index (χ0) is 16.0. The van der Waals surface area contributed by atoms with Crippen LogP contribution in [0.3, 0.4) is 0 Å². The third-order valence-electron chi connectivity index (χ3n) is 2.20. The minimum Gasteiger partial charge on any atom is -0.508 e. The Labute approximate surface area is 126 Å². The van der Waals surface area contributed by atoms with Crippen LogP contribution in [0.5, 0.6) is 11.5 Å². The number of non-ortho nitro benzene ring substituents is 2. The minimum absolute atomic E-state index is 0.00407. The number of aromatic hydroxyl groups is 2. The average molecular weight is 357 g/mol. The van der Waals surface area contributed by atoms with Gasteiger partial charge >= 0.3 is 0 Å². The maximum Gasteiger partial charge on any atom is 0.270 e. The Balaban J connectivity index is 0.000000211. The Morgan fingerprint density at radius 3 is 1.76 bits per heavy atom. The van der Waals surface area contributed by atoms with Crippen LogP contribution in [0.2, 0.25) is 0 Å². The molecule has 0 aliphatic rings. The van der Waals surface area contributed by atoms with Crippen LogP contribution in [0.4, 0.5) is 11.4 Å². The highest BCUT2D eigenvalue weighted by atomic mass is 79.9. The molecule has 21 heavy (non-hydrogen) atoms. The molecule has 0 saturated heterocycles. The highest BCUT2D eigenvalue weighted by Gasteiger charge is 2.07. The van der Waals surface area contributed by atoms with E-state index >= 15 is 0 Å². The number of hydrogen-bond acceptors (Lipinski definition) is 6. The lowest BCUT2D eigenvalue weighted by atomic mass is 10.3. The van der Waals surface area contributed by atoms with Gasteiger partial charge in [-0.15, -0.1) is 0 Å². The molecular formula is C12H9BrN2O6. The molecule has 2 rings (SSSR count). The highest BCUT2D eigenvalue weighted by Crippen LogP contribution is 2.27. The first-order valence-electron chi connectivity index (χ1n) is 5.37. The van der Waals surface area contributed by atoms with Crippen molar-refractivity contribution in [3.8, 4) is 11.5 Å². The van der Waals surface area contributed by atoms with Crippen molar-refractivity contribution in [2.75, 3.05) is 0 Å². The largest absolute Gasteiger partial charge is 0.508 e. The molecule has 0 aromatic heterocycles. The molecule has 0 aliphatic carbocycles. The van der Waals surface area contributed by atoms with Crippen LogP contribution in [0.1, 0.15) is 0 Å². The van der Waals surface area contributed by atoms with Crippen LogP contribution in [0.25, 0.3) is 0 Å². The van der Waals surface area contributed by atoms with E-state index in [1.54, 1.807) is 0 Å². The second-order valence-corrected chi connectivity index (χ2v) is 4.52. The minimum atomic E-state index is -0.524. The van der Waals surface area contributed by atoms with Gasteiger partial charge in [0.15, 0.2) is 0 Å². The Kier molecular flexibility index (Phi) is 5.61. The molecule has 2 N–H and O–H groups in total. The summed E-state index contributed by atoms with van der Waals surface area (Å²) in [4.78, 5) is 19.2. The Bertz CT molecular complexity index is 659. The van der Waals surface area contributed by atoms with Crippen LogP contribution >= 0.6 is 15.9 Å². The molecule has 0 amide bonds. The summed E-state index contributed by atoms with van der Waals surface area (Å²) in [5.41, 5.74) is -0.0625. The van der Waals surface area contributed by atoms with Gasteiger partial charge in [0.1, 0.15) is 11.5 Å². The Hall–Kier alpha value is -2.68. The van der Waals surface area contributed by atoms with Gasteiger partial charge in [-0.1, -0.05) is 0 Å². The normalized spacial score (nSPS) is 9.38. The molecular weight excluding hydrogens is 348 g/mol. The molecule has 0 atom stereocenters. The number of phenols is 2. The first kappa shape index (κ1) is 16.4. The number of hydrogen-bond donors (Lipinski definition) is 2. The second-order valence-electron chi connectivity index (χ2n) is 3.67.